The van der Waals surface area contributed by atoms with Crippen molar-refractivity contribution in [3.05, 3.63) is 94.4 Å². The second-order valence-corrected chi connectivity index (χ2v) is 10.5. The Morgan fingerprint density at radius 1 is 1.08 bits per heavy atom. The number of aromatic nitrogens is 2. The van der Waals surface area contributed by atoms with Gasteiger partial charge in [-0.3, -0.25) is 9.59 Å². The van der Waals surface area contributed by atoms with E-state index in [1.165, 1.54) is 17.2 Å². The molecule has 1 fully saturated rings. The van der Waals surface area contributed by atoms with Crippen LogP contribution in [-0.2, 0) is 22.4 Å². The lowest BCUT2D eigenvalue weighted by atomic mass is 9.93. The van der Waals surface area contributed by atoms with E-state index in [9.17, 15) is 9.59 Å². The fourth-order valence-electron chi connectivity index (χ4n) is 5.93. The maximum Gasteiger partial charge on any atom is 0.309 e. The number of hydrogen-bond acceptors (Lipinski definition) is 4. The summed E-state index contributed by atoms with van der Waals surface area (Å²) >= 11 is 0. The van der Waals surface area contributed by atoms with Crippen molar-refractivity contribution >= 4 is 17.4 Å². The maximum absolute atomic E-state index is 15.3. The molecule has 1 amide bonds. The Bertz CT molecular complexity index is 1590. The SMILES string of the molecule is CCOC(=O)[C@@H]1C[C@H]1c1ccc(-c2cc3cc(C(=O)N4CCc5ccccc5[C@H]4C)cc(CC)n3n2)c(F)c1. The predicted molar refractivity (Wildman–Crippen MR) is 147 cm³/mol. The summed E-state index contributed by atoms with van der Waals surface area (Å²) in [6, 6.07) is 19.0. The molecule has 0 saturated heterocycles. The number of pyridine rings is 1. The summed E-state index contributed by atoms with van der Waals surface area (Å²) in [6.45, 7) is 6.91. The number of halogens is 1. The number of fused-ring (bicyclic) bond motifs is 2. The monoisotopic (exact) mass is 525 g/mol. The van der Waals surface area contributed by atoms with Gasteiger partial charge in [-0.25, -0.2) is 8.91 Å². The number of esters is 1. The number of aryl methyl sites for hydroxylation is 1. The van der Waals surface area contributed by atoms with Crippen LogP contribution in [0.1, 0.15) is 71.9 Å². The van der Waals surface area contributed by atoms with Gasteiger partial charge in [-0.05, 0) is 86.1 Å². The zero-order valence-electron chi connectivity index (χ0n) is 22.5. The molecule has 0 unspecified atom stereocenters. The minimum Gasteiger partial charge on any atom is -0.466 e. The van der Waals surface area contributed by atoms with Crippen LogP contribution in [0.4, 0.5) is 4.39 Å². The van der Waals surface area contributed by atoms with Gasteiger partial charge in [0.1, 0.15) is 5.82 Å². The van der Waals surface area contributed by atoms with Crippen LogP contribution in [0.25, 0.3) is 16.8 Å². The highest BCUT2D eigenvalue weighted by atomic mass is 19.1. The molecule has 2 aromatic carbocycles. The summed E-state index contributed by atoms with van der Waals surface area (Å²) in [5.74, 6) is -0.788. The molecule has 1 saturated carbocycles. The van der Waals surface area contributed by atoms with Gasteiger partial charge in [-0.2, -0.15) is 5.10 Å². The van der Waals surface area contributed by atoms with Crippen LogP contribution in [0.15, 0.2) is 60.7 Å². The van der Waals surface area contributed by atoms with Crippen molar-refractivity contribution in [3.8, 4) is 11.3 Å². The molecule has 2 aromatic heterocycles. The van der Waals surface area contributed by atoms with Gasteiger partial charge in [0.25, 0.3) is 5.91 Å². The highest BCUT2D eigenvalue weighted by molar-refractivity contribution is 5.96. The Morgan fingerprint density at radius 3 is 2.67 bits per heavy atom. The van der Waals surface area contributed by atoms with Crippen LogP contribution in [0.3, 0.4) is 0 Å². The topological polar surface area (TPSA) is 63.9 Å². The molecular weight excluding hydrogens is 493 g/mol. The largest absolute Gasteiger partial charge is 0.466 e. The minimum absolute atomic E-state index is 0.00178. The summed E-state index contributed by atoms with van der Waals surface area (Å²) in [7, 11) is 0. The van der Waals surface area contributed by atoms with Crippen molar-refractivity contribution in [1.82, 2.24) is 14.5 Å². The fraction of sp³-hybridized carbons (Fsp3) is 0.344. The Balaban J connectivity index is 1.29. The normalized spacial score (nSPS) is 20.1. The minimum atomic E-state index is -0.374. The van der Waals surface area contributed by atoms with Crippen LogP contribution < -0.4 is 0 Å². The number of ether oxygens (including phenoxy) is 1. The summed E-state index contributed by atoms with van der Waals surface area (Å²) in [5, 5.41) is 4.71. The second kappa shape index (κ2) is 9.95. The third-order valence-corrected chi connectivity index (χ3v) is 8.18. The standard InChI is InChI=1S/C32H32FN3O3/c1-4-23-14-22(31(37)35-13-12-20-8-6-7-9-25(20)19(35)3)15-24-17-30(34-36(23)24)26-11-10-21(16-29(26)33)27-18-28(27)32(38)39-5-2/h6-11,14-17,19,27-28H,4-5,12-13,18H2,1-3H3/t19-,27+,28-/m1/s1. The van der Waals surface area contributed by atoms with Gasteiger partial charge in [-0.15, -0.1) is 0 Å². The van der Waals surface area contributed by atoms with Crippen LogP contribution in [0, 0.1) is 11.7 Å². The fourth-order valence-corrected chi connectivity index (χ4v) is 5.93. The molecule has 3 atom stereocenters. The van der Waals surface area contributed by atoms with Gasteiger partial charge in [0.2, 0.25) is 0 Å². The first kappa shape index (κ1) is 25.3. The van der Waals surface area contributed by atoms with Crippen molar-refractivity contribution in [1.29, 1.82) is 0 Å². The molecule has 200 valence electrons. The van der Waals surface area contributed by atoms with Crippen molar-refractivity contribution in [2.75, 3.05) is 13.2 Å². The Morgan fingerprint density at radius 2 is 1.90 bits per heavy atom. The maximum atomic E-state index is 15.3. The number of hydrogen-bond donors (Lipinski definition) is 0. The lowest BCUT2D eigenvalue weighted by Gasteiger charge is -2.35. The molecule has 4 aromatic rings. The zero-order chi connectivity index (χ0) is 27.3. The van der Waals surface area contributed by atoms with Gasteiger partial charge < -0.3 is 9.64 Å². The molecule has 6 nitrogen and oxygen atoms in total. The second-order valence-electron chi connectivity index (χ2n) is 10.5. The molecule has 1 aliphatic carbocycles. The van der Waals surface area contributed by atoms with Crippen molar-refractivity contribution < 1.29 is 18.7 Å². The van der Waals surface area contributed by atoms with Gasteiger partial charge in [0.05, 0.1) is 29.8 Å². The van der Waals surface area contributed by atoms with Gasteiger partial charge in [-0.1, -0.05) is 37.3 Å². The Hall–Kier alpha value is -4.00. The lowest BCUT2D eigenvalue weighted by Crippen LogP contribution is -2.38. The van der Waals surface area contributed by atoms with E-state index in [1.54, 1.807) is 17.5 Å². The molecule has 0 spiro atoms. The molecule has 39 heavy (non-hydrogen) atoms. The predicted octanol–water partition coefficient (Wildman–Crippen LogP) is 6.13. The third-order valence-electron chi connectivity index (χ3n) is 8.18. The van der Waals surface area contributed by atoms with Crippen LogP contribution in [0.2, 0.25) is 0 Å². The van der Waals surface area contributed by atoms with Crippen molar-refractivity contribution in [2.45, 2.75) is 52.0 Å². The van der Waals surface area contributed by atoms with E-state index in [-0.39, 0.29) is 35.6 Å². The van der Waals surface area contributed by atoms with Crippen LogP contribution >= 0.6 is 0 Å². The quantitative estimate of drug-likeness (QED) is 0.284. The summed E-state index contributed by atoms with van der Waals surface area (Å²) in [5.41, 5.74) is 6.46. The first-order chi connectivity index (χ1) is 18.9. The van der Waals surface area contributed by atoms with E-state index in [1.807, 2.05) is 48.2 Å². The van der Waals surface area contributed by atoms with Crippen molar-refractivity contribution in [2.24, 2.45) is 5.92 Å². The number of rotatable bonds is 6. The molecule has 0 N–H and O–H groups in total. The first-order valence-corrected chi connectivity index (χ1v) is 13.8. The molecule has 3 heterocycles. The van der Waals surface area contributed by atoms with Gasteiger partial charge in [0.15, 0.2) is 0 Å². The van der Waals surface area contributed by atoms with E-state index in [0.717, 1.165) is 23.2 Å². The summed E-state index contributed by atoms with van der Waals surface area (Å²) in [6.07, 6.45) is 2.20. The third kappa shape index (κ3) is 4.50. The number of carbonyl (C=O) groups excluding carboxylic acids is 2. The molecular formula is C32H32FN3O3. The van der Waals surface area contributed by atoms with Crippen molar-refractivity contribution in [3.63, 3.8) is 0 Å². The highest BCUT2D eigenvalue weighted by Gasteiger charge is 2.45. The molecule has 0 bridgehead atoms. The molecule has 7 heteroatoms. The molecule has 2 aliphatic rings. The van der Waals surface area contributed by atoms with E-state index < -0.39 is 0 Å². The average molecular weight is 526 g/mol. The van der Waals surface area contributed by atoms with Gasteiger partial charge >= 0.3 is 5.97 Å². The number of carbonyl (C=O) groups is 2. The number of amides is 1. The molecule has 1 aliphatic heterocycles. The smallest absolute Gasteiger partial charge is 0.309 e. The average Bonchev–Trinajstić information content (AvgIpc) is 3.64. The molecule has 0 radical (unpaired) electrons. The summed E-state index contributed by atoms with van der Waals surface area (Å²) < 4.78 is 22.2. The molecule has 6 rings (SSSR count). The highest BCUT2D eigenvalue weighted by Crippen LogP contribution is 2.48. The van der Waals surface area contributed by atoms with E-state index in [2.05, 4.69) is 19.1 Å². The number of nitrogens with zero attached hydrogens (tertiary/aromatic N) is 3. The zero-order valence-corrected chi connectivity index (χ0v) is 22.5. The Kier molecular flexibility index (Phi) is 6.45. The van der Waals surface area contributed by atoms with E-state index in [0.29, 0.717) is 42.8 Å². The van der Waals surface area contributed by atoms with E-state index in [4.69, 9.17) is 9.84 Å². The van der Waals surface area contributed by atoms with Crippen LogP contribution in [-0.4, -0.2) is 39.5 Å². The van der Waals surface area contributed by atoms with Crippen LogP contribution in [0.5, 0.6) is 0 Å². The number of benzene rings is 2. The first-order valence-electron chi connectivity index (χ1n) is 13.8. The Labute approximate surface area is 227 Å². The van der Waals surface area contributed by atoms with E-state index >= 15 is 4.39 Å². The lowest BCUT2D eigenvalue weighted by molar-refractivity contribution is -0.144. The van der Waals surface area contributed by atoms with Gasteiger partial charge in [0, 0.05) is 23.4 Å². The summed E-state index contributed by atoms with van der Waals surface area (Å²) in [4.78, 5) is 27.6.